The Hall–Kier alpha value is -2.56. The van der Waals surface area contributed by atoms with E-state index in [9.17, 15) is 0 Å². The summed E-state index contributed by atoms with van der Waals surface area (Å²) >= 11 is 2.16. The smallest absolute Gasteiger partial charge is 0.223 e. The second-order valence-electron chi connectivity index (χ2n) is 8.43. The zero-order chi connectivity index (χ0) is 22.6. The monoisotopic (exact) mass is 555 g/mol. The molecule has 3 atom stereocenters. The number of nitrogens with two attached hydrogens (primary N) is 1. The third kappa shape index (κ3) is 5.02. The number of rotatable bonds is 9. The van der Waals surface area contributed by atoms with E-state index in [0.717, 1.165) is 21.3 Å². The summed E-state index contributed by atoms with van der Waals surface area (Å²) in [6.45, 7) is 2.57. The Morgan fingerprint density at radius 2 is 1.55 bits per heavy atom. The molecule has 0 amide bonds. The molecule has 1 saturated carbocycles. The molecular formula is C25H26IN5O2. The molecule has 2 aromatic carbocycles. The highest BCUT2D eigenvalue weighted by Gasteiger charge is 2.43. The van der Waals surface area contributed by atoms with Gasteiger partial charge in [0.05, 0.1) is 32.8 Å². The molecule has 2 heterocycles. The molecule has 1 aliphatic rings. The number of halogens is 1. The highest BCUT2D eigenvalue weighted by atomic mass is 127. The quantitative estimate of drug-likeness (QED) is 0.240. The number of ether oxygens (including phenoxy) is 2. The van der Waals surface area contributed by atoms with Crippen molar-refractivity contribution in [2.24, 2.45) is 11.8 Å². The van der Waals surface area contributed by atoms with Crippen molar-refractivity contribution < 1.29 is 9.47 Å². The summed E-state index contributed by atoms with van der Waals surface area (Å²) in [5.41, 5.74) is 9.86. The van der Waals surface area contributed by atoms with Gasteiger partial charge in [-0.1, -0.05) is 60.7 Å². The van der Waals surface area contributed by atoms with Crippen molar-refractivity contribution >= 4 is 39.7 Å². The van der Waals surface area contributed by atoms with E-state index in [1.165, 1.54) is 11.1 Å². The lowest BCUT2D eigenvalue weighted by molar-refractivity contribution is -0.0562. The lowest BCUT2D eigenvalue weighted by Gasteiger charge is -2.45. The highest BCUT2D eigenvalue weighted by molar-refractivity contribution is 14.1. The summed E-state index contributed by atoms with van der Waals surface area (Å²) in [4.78, 5) is 13.3. The van der Waals surface area contributed by atoms with Crippen LogP contribution >= 0.6 is 22.6 Å². The summed E-state index contributed by atoms with van der Waals surface area (Å²) in [5, 5.41) is 0. The van der Waals surface area contributed by atoms with E-state index in [2.05, 4.69) is 66.4 Å². The molecule has 0 saturated heterocycles. The van der Waals surface area contributed by atoms with Crippen LogP contribution in [0.1, 0.15) is 23.6 Å². The first-order valence-electron chi connectivity index (χ1n) is 11.1. The van der Waals surface area contributed by atoms with Gasteiger partial charge in [0.25, 0.3) is 0 Å². The predicted octanol–water partition coefficient (Wildman–Crippen LogP) is 4.62. The number of nitrogen functional groups attached to an aromatic ring is 1. The molecule has 4 aromatic rings. The number of anilines is 1. The van der Waals surface area contributed by atoms with Crippen LogP contribution in [0.2, 0.25) is 0 Å². The molecule has 0 spiro atoms. The zero-order valence-electron chi connectivity index (χ0n) is 18.2. The van der Waals surface area contributed by atoms with E-state index in [1.54, 1.807) is 0 Å². The average Bonchev–Trinajstić information content (AvgIpc) is 3.23. The maximum Gasteiger partial charge on any atom is 0.223 e. The summed E-state index contributed by atoms with van der Waals surface area (Å²) in [6, 6.07) is 20.8. The summed E-state index contributed by atoms with van der Waals surface area (Å²) in [7, 11) is 0. The molecule has 0 unspecified atom stereocenters. The van der Waals surface area contributed by atoms with E-state index in [-0.39, 0.29) is 12.0 Å². The lowest BCUT2D eigenvalue weighted by Crippen LogP contribution is -2.43. The van der Waals surface area contributed by atoms with E-state index >= 15 is 0 Å². The Labute approximate surface area is 206 Å². The first kappa shape index (κ1) is 22.2. The second kappa shape index (κ2) is 10.1. The fraction of sp³-hybridized carbons (Fsp3) is 0.320. The van der Waals surface area contributed by atoms with Crippen LogP contribution in [0.15, 0.2) is 67.0 Å². The Kier molecular flexibility index (Phi) is 6.84. The highest BCUT2D eigenvalue weighted by Crippen LogP contribution is 2.45. The Balaban J connectivity index is 1.29. The largest absolute Gasteiger partial charge is 0.376 e. The van der Waals surface area contributed by atoms with Crippen LogP contribution in [0.5, 0.6) is 0 Å². The molecular weight excluding hydrogens is 529 g/mol. The van der Waals surface area contributed by atoms with Gasteiger partial charge in [0.2, 0.25) is 5.95 Å². The van der Waals surface area contributed by atoms with Crippen molar-refractivity contribution in [1.29, 1.82) is 0 Å². The maximum atomic E-state index is 6.16. The van der Waals surface area contributed by atoms with Crippen LogP contribution in [0.3, 0.4) is 0 Å². The van der Waals surface area contributed by atoms with Crippen LogP contribution in [0, 0.1) is 15.5 Å². The van der Waals surface area contributed by atoms with Crippen LogP contribution in [-0.2, 0) is 22.7 Å². The van der Waals surface area contributed by atoms with Gasteiger partial charge in [-0.05, 0) is 46.1 Å². The van der Waals surface area contributed by atoms with Crippen molar-refractivity contribution in [3.63, 3.8) is 0 Å². The standard InChI is InChI=1S/C25H26IN5O2/c26-23-22-24(30-25(27)29-23)31(16-28-22)21-11-19(14-32-12-17-7-3-1-4-8-17)20(21)15-33-13-18-9-5-2-6-10-18/h1-10,16,19-21H,11-15H2,(H2,27,29,30)/t19-,20-,21-/m1/s1. The van der Waals surface area contributed by atoms with Gasteiger partial charge in [-0.3, -0.25) is 0 Å². The van der Waals surface area contributed by atoms with Gasteiger partial charge < -0.3 is 19.8 Å². The van der Waals surface area contributed by atoms with Gasteiger partial charge in [0, 0.05) is 12.0 Å². The minimum Gasteiger partial charge on any atom is -0.376 e. The van der Waals surface area contributed by atoms with Crippen molar-refractivity contribution in [2.45, 2.75) is 25.7 Å². The lowest BCUT2D eigenvalue weighted by atomic mass is 9.69. The molecule has 170 valence electrons. The van der Waals surface area contributed by atoms with Crippen LogP contribution in [-0.4, -0.2) is 32.7 Å². The number of aromatic nitrogens is 4. The van der Waals surface area contributed by atoms with Crippen LogP contribution in [0.25, 0.3) is 11.2 Å². The Morgan fingerprint density at radius 1 is 0.909 bits per heavy atom. The van der Waals surface area contributed by atoms with E-state index in [0.29, 0.717) is 38.3 Å². The molecule has 1 aliphatic carbocycles. The minimum absolute atomic E-state index is 0.237. The predicted molar refractivity (Wildman–Crippen MR) is 135 cm³/mol. The van der Waals surface area contributed by atoms with Gasteiger partial charge >= 0.3 is 0 Å². The first-order valence-corrected chi connectivity index (χ1v) is 12.2. The number of imidazole rings is 1. The third-order valence-corrected chi connectivity index (χ3v) is 7.01. The molecule has 8 heteroatoms. The van der Waals surface area contributed by atoms with Gasteiger partial charge in [0.15, 0.2) is 5.65 Å². The molecule has 2 aromatic heterocycles. The molecule has 5 rings (SSSR count). The van der Waals surface area contributed by atoms with E-state index in [1.807, 2.05) is 42.7 Å². The van der Waals surface area contributed by atoms with Crippen molar-refractivity contribution in [2.75, 3.05) is 18.9 Å². The van der Waals surface area contributed by atoms with Gasteiger partial charge in [-0.2, -0.15) is 4.98 Å². The first-order chi connectivity index (χ1) is 16.2. The number of hydrogen-bond donors (Lipinski definition) is 1. The van der Waals surface area contributed by atoms with Crippen LogP contribution in [0.4, 0.5) is 5.95 Å². The minimum atomic E-state index is 0.237. The summed E-state index contributed by atoms with van der Waals surface area (Å²) < 4.78 is 15.2. The van der Waals surface area contributed by atoms with Gasteiger partial charge in [-0.15, -0.1) is 0 Å². The number of hydrogen-bond acceptors (Lipinski definition) is 6. The number of nitrogens with zero attached hydrogens (tertiary/aromatic N) is 4. The van der Waals surface area contributed by atoms with Crippen molar-refractivity contribution in [1.82, 2.24) is 19.5 Å². The number of fused-ring (bicyclic) bond motifs is 1. The second-order valence-corrected chi connectivity index (χ2v) is 9.45. The molecule has 0 aliphatic heterocycles. The topological polar surface area (TPSA) is 88.1 Å². The third-order valence-electron chi connectivity index (χ3n) is 6.26. The van der Waals surface area contributed by atoms with Gasteiger partial charge in [0.1, 0.15) is 9.22 Å². The molecule has 0 radical (unpaired) electrons. The Morgan fingerprint density at radius 3 is 2.21 bits per heavy atom. The molecule has 0 bridgehead atoms. The van der Waals surface area contributed by atoms with Gasteiger partial charge in [-0.25, -0.2) is 9.97 Å². The normalized spacial score (nSPS) is 20.1. The van der Waals surface area contributed by atoms with E-state index in [4.69, 9.17) is 15.2 Å². The summed E-state index contributed by atoms with van der Waals surface area (Å²) in [5.74, 6) is 0.980. The van der Waals surface area contributed by atoms with E-state index < -0.39 is 0 Å². The molecule has 33 heavy (non-hydrogen) atoms. The molecule has 2 N–H and O–H groups in total. The van der Waals surface area contributed by atoms with Crippen molar-refractivity contribution in [3.05, 3.63) is 81.8 Å². The van der Waals surface area contributed by atoms with Crippen molar-refractivity contribution in [3.8, 4) is 0 Å². The molecule has 1 fully saturated rings. The fourth-order valence-corrected chi connectivity index (χ4v) is 5.09. The van der Waals surface area contributed by atoms with Crippen LogP contribution < -0.4 is 5.73 Å². The molecule has 7 nitrogen and oxygen atoms in total. The Bertz CT molecular complexity index is 1200. The number of benzene rings is 2. The average molecular weight is 555 g/mol. The zero-order valence-corrected chi connectivity index (χ0v) is 20.3. The maximum absolute atomic E-state index is 6.16. The summed E-state index contributed by atoms with van der Waals surface area (Å²) in [6.07, 6.45) is 2.84. The SMILES string of the molecule is Nc1nc(I)c2ncn([C@@H]3C[C@H](COCc4ccccc4)[C@H]3COCc3ccccc3)c2n1. The fourth-order valence-electron chi connectivity index (χ4n) is 4.47.